The van der Waals surface area contributed by atoms with Crippen molar-refractivity contribution in [2.75, 3.05) is 17.2 Å². The normalized spacial score (nSPS) is 10.1. The topological polar surface area (TPSA) is 33.3 Å². The van der Waals surface area contributed by atoms with Crippen LogP contribution in [0.25, 0.3) is 0 Å². The fraction of sp³-hybridized carbons (Fsp3) is 0.235. The summed E-state index contributed by atoms with van der Waals surface area (Å²) in [6.45, 7) is 2.89. The zero-order valence-electron chi connectivity index (χ0n) is 12.4. The zero-order chi connectivity index (χ0) is 15.8. The van der Waals surface area contributed by atoms with Crippen LogP contribution in [0.1, 0.15) is 19.8 Å². The van der Waals surface area contributed by atoms with Crippen LogP contribution in [-0.2, 0) is 0 Å². The van der Waals surface area contributed by atoms with Gasteiger partial charge in [0.2, 0.25) is 0 Å². The lowest BCUT2D eigenvalue weighted by atomic mass is 10.3. The molecule has 0 aliphatic carbocycles. The summed E-state index contributed by atoms with van der Waals surface area (Å²) in [5.74, 6) is 0.871. The van der Waals surface area contributed by atoms with E-state index in [1.165, 1.54) is 0 Å². The Kier molecular flexibility index (Phi) is 6.49. The molecule has 2 rings (SSSR count). The highest BCUT2D eigenvalue weighted by Gasteiger charge is 2.00. The molecule has 0 saturated carbocycles. The first-order valence-corrected chi connectivity index (χ1v) is 8.02. The number of rotatable bonds is 6. The molecule has 2 N–H and O–H groups in total. The molecule has 0 spiro atoms. The van der Waals surface area contributed by atoms with Crippen molar-refractivity contribution >= 4 is 40.3 Å². The molecule has 0 atom stereocenters. The van der Waals surface area contributed by atoms with Crippen LogP contribution in [0.3, 0.4) is 0 Å². The lowest BCUT2D eigenvalue weighted by molar-refractivity contribution is 0.309. The Labute approximate surface area is 141 Å². The number of thiocarbonyl (C=S) groups is 1. The van der Waals surface area contributed by atoms with E-state index in [9.17, 15) is 0 Å². The van der Waals surface area contributed by atoms with Gasteiger partial charge in [-0.2, -0.15) is 0 Å². The number of nitrogens with one attached hydrogen (secondary N) is 2. The summed E-state index contributed by atoms with van der Waals surface area (Å²) in [5.41, 5.74) is 1.80. The second-order valence-corrected chi connectivity index (χ2v) is 5.66. The summed E-state index contributed by atoms with van der Waals surface area (Å²) in [6, 6.07) is 15.1. The summed E-state index contributed by atoms with van der Waals surface area (Å²) in [6.07, 6.45) is 2.19. The first kappa shape index (κ1) is 16.6. The van der Waals surface area contributed by atoms with Crippen molar-refractivity contribution in [3.05, 3.63) is 53.6 Å². The lowest BCUT2D eigenvalue weighted by Crippen LogP contribution is -2.18. The zero-order valence-corrected chi connectivity index (χ0v) is 14.0. The monoisotopic (exact) mass is 334 g/mol. The average Bonchev–Trinajstić information content (AvgIpc) is 2.51. The van der Waals surface area contributed by atoms with E-state index in [1.54, 1.807) is 0 Å². The first-order chi connectivity index (χ1) is 10.7. The molecular weight excluding hydrogens is 316 g/mol. The average molecular weight is 335 g/mol. The largest absolute Gasteiger partial charge is 0.494 e. The number of benzene rings is 2. The smallest absolute Gasteiger partial charge is 0.175 e. The molecule has 22 heavy (non-hydrogen) atoms. The van der Waals surface area contributed by atoms with E-state index in [4.69, 9.17) is 28.6 Å². The molecule has 0 aliphatic rings. The second kappa shape index (κ2) is 8.61. The van der Waals surface area contributed by atoms with E-state index in [1.807, 2.05) is 48.5 Å². The highest BCUT2D eigenvalue weighted by Crippen LogP contribution is 2.17. The quantitative estimate of drug-likeness (QED) is 0.552. The maximum absolute atomic E-state index is 5.85. The van der Waals surface area contributed by atoms with Crippen LogP contribution in [0.2, 0.25) is 5.02 Å². The Bertz CT molecular complexity index is 599. The van der Waals surface area contributed by atoms with Crippen LogP contribution in [0.5, 0.6) is 5.75 Å². The molecule has 0 amide bonds. The Morgan fingerprint density at radius 1 is 1.00 bits per heavy atom. The Morgan fingerprint density at radius 2 is 1.55 bits per heavy atom. The summed E-state index contributed by atoms with van der Waals surface area (Å²) >= 11 is 11.1. The third-order valence-corrected chi connectivity index (χ3v) is 3.44. The van der Waals surface area contributed by atoms with Gasteiger partial charge in [0.1, 0.15) is 5.75 Å². The third kappa shape index (κ3) is 5.54. The number of unbranched alkanes of at least 4 members (excludes halogenated alkanes) is 1. The summed E-state index contributed by atoms with van der Waals surface area (Å²) in [4.78, 5) is 0. The van der Waals surface area contributed by atoms with Crippen LogP contribution in [0, 0.1) is 0 Å². The van der Waals surface area contributed by atoms with Crippen LogP contribution < -0.4 is 15.4 Å². The van der Waals surface area contributed by atoms with Gasteiger partial charge >= 0.3 is 0 Å². The van der Waals surface area contributed by atoms with Crippen LogP contribution >= 0.6 is 23.8 Å². The molecule has 0 radical (unpaired) electrons. The van der Waals surface area contributed by atoms with Crippen molar-refractivity contribution in [1.29, 1.82) is 0 Å². The summed E-state index contributed by atoms with van der Waals surface area (Å²) in [7, 11) is 0. The predicted octanol–water partition coefficient (Wildman–Crippen LogP) is 5.33. The predicted molar refractivity (Wildman–Crippen MR) is 98.1 cm³/mol. The third-order valence-electron chi connectivity index (χ3n) is 2.98. The van der Waals surface area contributed by atoms with Crippen molar-refractivity contribution in [3.63, 3.8) is 0 Å². The Balaban J connectivity index is 1.84. The number of halogens is 1. The van der Waals surface area contributed by atoms with Crippen LogP contribution in [-0.4, -0.2) is 11.7 Å². The van der Waals surface area contributed by atoms with Crippen molar-refractivity contribution < 1.29 is 4.74 Å². The van der Waals surface area contributed by atoms with Crippen LogP contribution in [0.4, 0.5) is 11.4 Å². The molecule has 0 bridgehead atoms. The van der Waals surface area contributed by atoms with Gasteiger partial charge in [-0.25, -0.2) is 0 Å². The SMILES string of the molecule is CCCCOc1ccc(NC(=S)Nc2ccc(Cl)cc2)cc1. The molecule has 2 aromatic carbocycles. The van der Waals surface area contributed by atoms with Gasteiger partial charge in [0.05, 0.1) is 6.61 Å². The van der Waals surface area contributed by atoms with Gasteiger partial charge in [0.25, 0.3) is 0 Å². The summed E-state index contributed by atoms with van der Waals surface area (Å²) < 4.78 is 5.62. The van der Waals surface area contributed by atoms with Gasteiger partial charge in [-0.1, -0.05) is 24.9 Å². The molecule has 3 nitrogen and oxygen atoms in total. The van der Waals surface area contributed by atoms with Gasteiger partial charge in [0, 0.05) is 16.4 Å². The van der Waals surface area contributed by atoms with Gasteiger partial charge in [-0.3, -0.25) is 0 Å². The molecule has 2 aromatic rings. The molecule has 0 fully saturated rings. The van der Waals surface area contributed by atoms with Gasteiger partial charge in [-0.05, 0) is 67.2 Å². The fourth-order valence-corrected chi connectivity index (χ4v) is 2.16. The van der Waals surface area contributed by atoms with E-state index in [-0.39, 0.29) is 0 Å². The number of anilines is 2. The molecule has 0 saturated heterocycles. The highest BCUT2D eigenvalue weighted by atomic mass is 35.5. The minimum atomic E-state index is 0.530. The van der Waals surface area contributed by atoms with Gasteiger partial charge in [0.15, 0.2) is 5.11 Å². The minimum absolute atomic E-state index is 0.530. The van der Waals surface area contributed by atoms with E-state index < -0.39 is 0 Å². The second-order valence-electron chi connectivity index (χ2n) is 4.81. The number of hydrogen-bond acceptors (Lipinski definition) is 2. The van der Waals surface area contributed by atoms with E-state index in [0.29, 0.717) is 10.1 Å². The van der Waals surface area contributed by atoms with Crippen molar-refractivity contribution in [2.24, 2.45) is 0 Å². The van der Waals surface area contributed by atoms with E-state index in [0.717, 1.165) is 36.6 Å². The van der Waals surface area contributed by atoms with Crippen molar-refractivity contribution in [2.45, 2.75) is 19.8 Å². The summed E-state index contributed by atoms with van der Waals surface area (Å²) in [5, 5.41) is 7.46. The molecule has 0 heterocycles. The van der Waals surface area contributed by atoms with E-state index in [2.05, 4.69) is 17.6 Å². The molecule has 0 unspecified atom stereocenters. The maximum atomic E-state index is 5.85. The minimum Gasteiger partial charge on any atom is -0.494 e. The van der Waals surface area contributed by atoms with Crippen molar-refractivity contribution in [3.8, 4) is 5.75 Å². The molecule has 5 heteroatoms. The van der Waals surface area contributed by atoms with E-state index >= 15 is 0 Å². The molecular formula is C17H19ClN2OS. The lowest BCUT2D eigenvalue weighted by Gasteiger charge is -2.11. The highest BCUT2D eigenvalue weighted by molar-refractivity contribution is 7.80. The Morgan fingerprint density at radius 3 is 2.09 bits per heavy atom. The van der Waals surface area contributed by atoms with Crippen molar-refractivity contribution in [1.82, 2.24) is 0 Å². The van der Waals surface area contributed by atoms with Crippen LogP contribution in [0.15, 0.2) is 48.5 Å². The number of hydrogen-bond donors (Lipinski definition) is 2. The molecule has 116 valence electrons. The number of ether oxygens (including phenoxy) is 1. The first-order valence-electron chi connectivity index (χ1n) is 7.24. The standard InChI is InChI=1S/C17H19ClN2OS/c1-2-3-12-21-16-10-8-15(9-11-16)20-17(22)19-14-6-4-13(18)5-7-14/h4-11H,2-3,12H2,1H3,(H2,19,20,22). The molecule has 0 aromatic heterocycles. The van der Waals surface area contributed by atoms with Gasteiger partial charge in [-0.15, -0.1) is 0 Å². The van der Waals surface area contributed by atoms with Gasteiger partial charge < -0.3 is 15.4 Å². The fourth-order valence-electron chi connectivity index (χ4n) is 1.80. The maximum Gasteiger partial charge on any atom is 0.175 e. The molecule has 0 aliphatic heterocycles. The Hall–Kier alpha value is -1.78.